The van der Waals surface area contributed by atoms with Gasteiger partial charge in [0.25, 0.3) is 0 Å². The van der Waals surface area contributed by atoms with Crippen molar-refractivity contribution >= 4 is 11.8 Å². The second-order valence-corrected chi connectivity index (χ2v) is 7.01. The Morgan fingerprint density at radius 2 is 1.48 bits per heavy atom. The molecule has 6 heteroatoms. The molecule has 0 bridgehead atoms. The van der Waals surface area contributed by atoms with Crippen LogP contribution in [0.5, 0.6) is 0 Å². The second kappa shape index (κ2) is 9.68. The highest BCUT2D eigenvalue weighted by molar-refractivity contribution is 5.85. The Morgan fingerprint density at radius 1 is 0.862 bits per heavy atom. The molecule has 0 aliphatic rings. The number of benzene rings is 2. The molecular formula is C23H26N4O2. The van der Waals surface area contributed by atoms with Crippen molar-refractivity contribution in [2.24, 2.45) is 0 Å². The fourth-order valence-electron chi connectivity index (χ4n) is 3.17. The van der Waals surface area contributed by atoms with E-state index in [1.54, 1.807) is 0 Å². The predicted molar refractivity (Wildman–Crippen MR) is 112 cm³/mol. The van der Waals surface area contributed by atoms with Gasteiger partial charge in [-0.2, -0.15) is 5.10 Å². The normalized spacial score (nSPS) is 10.6. The van der Waals surface area contributed by atoms with Crippen LogP contribution in [0.25, 0.3) is 0 Å². The molecule has 0 aliphatic heterocycles. The first-order valence-corrected chi connectivity index (χ1v) is 9.67. The topological polar surface area (TPSA) is 76.0 Å². The maximum Gasteiger partial charge on any atom is 0.239 e. The van der Waals surface area contributed by atoms with Gasteiger partial charge in [-0.1, -0.05) is 60.7 Å². The monoisotopic (exact) mass is 390 g/mol. The molecule has 0 atom stereocenters. The summed E-state index contributed by atoms with van der Waals surface area (Å²) in [6.45, 7) is 4.99. The predicted octanol–water partition coefficient (Wildman–Crippen LogP) is 2.52. The number of aryl methyl sites for hydroxylation is 1. The average molecular weight is 390 g/mol. The Hall–Kier alpha value is -3.41. The Bertz CT molecular complexity index is 965. The smallest absolute Gasteiger partial charge is 0.239 e. The number of hydrogen-bond acceptors (Lipinski definition) is 3. The fourth-order valence-corrected chi connectivity index (χ4v) is 3.17. The lowest BCUT2D eigenvalue weighted by Gasteiger charge is -2.08. The molecule has 29 heavy (non-hydrogen) atoms. The van der Waals surface area contributed by atoms with Crippen LogP contribution in [0.2, 0.25) is 0 Å². The SMILES string of the molecule is Cc1nn(Cc2ccccc2)c(C)c1CNC(=O)CNC(=O)Cc1ccccc1. The van der Waals surface area contributed by atoms with E-state index in [0.717, 1.165) is 22.5 Å². The van der Waals surface area contributed by atoms with Crippen molar-refractivity contribution in [1.82, 2.24) is 20.4 Å². The molecular weight excluding hydrogens is 364 g/mol. The third-order valence-corrected chi connectivity index (χ3v) is 4.82. The fraction of sp³-hybridized carbons (Fsp3) is 0.261. The largest absolute Gasteiger partial charge is 0.350 e. The molecule has 3 rings (SSSR count). The summed E-state index contributed by atoms with van der Waals surface area (Å²) in [6.07, 6.45) is 0.262. The highest BCUT2D eigenvalue weighted by Gasteiger charge is 2.13. The first kappa shape index (κ1) is 20.3. The molecule has 3 aromatic rings. The molecule has 2 amide bonds. The maximum absolute atomic E-state index is 12.1. The second-order valence-electron chi connectivity index (χ2n) is 7.01. The van der Waals surface area contributed by atoms with Crippen LogP contribution in [0.15, 0.2) is 60.7 Å². The summed E-state index contributed by atoms with van der Waals surface area (Å²) in [6, 6.07) is 19.6. The summed E-state index contributed by atoms with van der Waals surface area (Å²) in [4.78, 5) is 24.1. The van der Waals surface area contributed by atoms with Gasteiger partial charge < -0.3 is 10.6 Å². The third-order valence-electron chi connectivity index (χ3n) is 4.82. The first-order valence-electron chi connectivity index (χ1n) is 9.67. The summed E-state index contributed by atoms with van der Waals surface area (Å²) in [5.74, 6) is -0.393. The molecule has 150 valence electrons. The molecule has 0 saturated heterocycles. The molecule has 0 unspecified atom stereocenters. The van der Waals surface area contributed by atoms with Crippen LogP contribution in [-0.2, 0) is 29.1 Å². The lowest BCUT2D eigenvalue weighted by atomic mass is 10.1. The van der Waals surface area contributed by atoms with Crippen molar-refractivity contribution in [1.29, 1.82) is 0 Å². The van der Waals surface area contributed by atoms with E-state index in [2.05, 4.69) is 27.9 Å². The quantitative estimate of drug-likeness (QED) is 0.621. The zero-order chi connectivity index (χ0) is 20.6. The van der Waals surface area contributed by atoms with E-state index in [1.807, 2.05) is 67.1 Å². The van der Waals surface area contributed by atoms with E-state index >= 15 is 0 Å². The molecule has 0 saturated carbocycles. The van der Waals surface area contributed by atoms with Crippen LogP contribution >= 0.6 is 0 Å². The van der Waals surface area contributed by atoms with Gasteiger partial charge >= 0.3 is 0 Å². The van der Waals surface area contributed by atoms with Crippen molar-refractivity contribution in [2.75, 3.05) is 6.54 Å². The molecule has 0 aliphatic carbocycles. The first-order chi connectivity index (χ1) is 14.0. The van der Waals surface area contributed by atoms with Gasteiger partial charge in [-0.05, 0) is 25.0 Å². The van der Waals surface area contributed by atoms with Crippen LogP contribution < -0.4 is 10.6 Å². The van der Waals surface area contributed by atoms with Gasteiger partial charge in [0.2, 0.25) is 11.8 Å². The van der Waals surface area contributed by atoms with Gasteiger partial charge in [0.05, 0.1) is 25.2 Å². The Morgan fingerprint density at radius 3 is 2.14 bits per heavy atom. The molecule has 0 fully saturated rings. The van der Waals surface area contributed by atoms with Gasteiger partial charge in [0.1, 0.15) is 0 Å². The standard InChI is InChI=1S/C23H26N4O2/c1-17-21(18(2)27(26-17)16-20-11-7-4-8-12-20)14-24-23(29)15-25-22(28)13-19-9-5-3-6-10-19/h3-12H,13-16H2,1-2H3,(H,24,29)(H,25,28). The minimum absolute atomic E-state index is 0.0398. The summed E-state index contributed by atoms with van der Waals surface area (Å²) < 4.78 is 1.95. The van der Waals surface area contributed by atoms with E-state index < -0.39 is 0 Å². The molecule has 2 aromatic carbocycles. The molecule has 6 nitrogen and oxygen atoms in total. The van der Waals surface area contributed by atoms with E-state index in [4.69, 9.17) is 0 Å². The molecule has 0 spiro atoms. The van der Waals surface area contributed by atoms with Crippen molar-refractivity contribution in [3.8, 4) is 0 Å². The zero-order valence-corrected chi connectivity index (χ0v) is 16.8. The summed E-state index contributed by atoms with van der Waals surface area (Å²) >= 11 is 0. The molecule has 1 heterocycles. The number of aromatic nitrogens is 2. The minimum Gasteiger partial charge on any atom is -0.350 e. The van der Waals surface area contributed by atoms with Gasteiger partial charge in [0, 0.05) is 17.8 Å². The van der Waals surface area contributed by atoms with Crippen LogP contribution in [0.4, 0.5) is 0 Å². The van der Waals surface area contributed by atoms with E-state index in [0.29, 0.717) is 13.1 Å². The van der Waals surface area contributed by atoms with E-state index in [-0.39, 0.29) is 24.8 Å². The zero-order valence-electron chi connectivity index (χ0n) is 16.8. The van der Waals surface area contributed by atoms with Crippen molar-refractivity contribution < 1.29 is 9.59 Å². The highest BCUT2D eigenvalue weighted by Crippen LogP contribution is 2.14. The number of nitrogens with zero attached hydrogens (tertiary/aromatic N) is 2. The van der Waals surface area contributed by atoms with Gasteiger partial charge in [-0.3, -0.25) is 14.3 Å². The van der Waals surface area contributed by atoms with Gasteiger partial charge in [-0.25, -0.2) is 0 Å². The Kier molecular flexibility index (Phi) is 6.79. The highest BCUT2D eigenvalue weighted by atomic mass is 16.2. The van der Waals surface area contributed by atoms with Crippen LogP contribution in [-0.4, -0.2) is 28.1 Å². The van der Waals surface area contributed by atoms with Crippen LogP contribution in [0.3, 0.4) is 0 Å². The minimum atomic E-state index is -0.221. The number of amides is 2. The number of hydrogen-bond donors (Lipinski definition) is 2. The summed E-state index contributed by atoms with van der Waals surface area (Å²) in [7, 11) is 0. The van der Waals surface area contributed by atoms with Gasteiger partial charge in [0.15, 0.2) is 0 Å². The number of carbonyl (C=O) groups excluding carboxylic acids is 2. The molecule has 0 radical (unpaired) electrons. The Balaban J connectivity index is 1.49. The van der Waals surface area contributed by atoms with Crippen LogP contribution in [0, 0.1) is 13.8 Å². The Labute approximate surface area is 170 Å². The maximum atomic E-state index is 12.1. The lowest BCUT2D eigenvalue weighted by molar-refractivity contribution is -0.125. The van der Waals surface area contributed by atoms with Crippen LogP contribution in [0.1, 0.15) is 28.1 Å². The number of nitrogens with one attached hydrogen (secondary N) is 2. The number of rotatable bonds is 8. The third kappa shape index (κ3) is 5.78. The molecule has 1 aromatic heterocycles. The van der Waals surface area contributed by atoms with Crippen molar-refractivity contribution in [2.45, 2.75) is 33.4 Å². The van der Waals surface area contributed by atoms with Crippen molar-refractivity contribution in [3.63, 3.8) is 0 Å². The van der Waals surface area contributed by atoms with E-state index in [1.165, 1.54) is 5.56 Å². The van der Waals surface area contributed by atoms with Crippen molar-refractivity contribution in [3.05, 3.63) is 88.7 Å². The lowest BCUT2D eigenvalue weighted by Crippen LogP contribution is -2.37. The molecule has 2 N–H and O–H groups in total. The number of carbonyl (C=O) groups is 2. The summed E-state index contributed by atoms with van der Waals surface area (Å²) in [5, 5.41) is 10.1. The summed E-state index contributed by atoms with van der Waals surface area (Å²) in [5.41, 5.74) is 5.02. The van der Waals surface area contributed by atoms with E-state index in [9.17, 15) is 9.59 Å². The average Bonchev–Trinajstić information content (AvgIpc) is 2.99. The van der Waals surface area contributed by atoms with Gasteiger partial charge in [-0.15, -0.1) is 0 Å².